The minimum Gasteiger partial charge on any atom is -0.507 e. The molecular weight excluding hydrogens is 180 g/mol. The SMILES string of the molecule is Cn1[nH]c(=O)cc1-c1ccccc1O. The Morgan fingerprint density at radius 3 is 2.64 bits per heavy atom. The molecule has 1 aromatic heterocycles. The highest BCUT2D eigenvalue weighted by molar-refractivity contribution is 5.66. The van der Waals surface area contributed by atoms with Crippen LogP contribution in [0.4, 0.5) is 0 Å². The zero-order valence-electron chi connectivity index (χ0n) is 7.69. The molecule has 1 heterocycles. The molecule has 0 spiro atoms. The number of nitrogens with one attached hydrogen (secondary N) is 1. The second-order valence-electron chi connectivity index (χ2n) is 3.08. The molecule has 0 atom stereocenters. The highest BCUT2D eigenvalue weighted by Crippen LogP contribution is 2.26. The monoisotopic (exact) mass is 190 g/mol. The summed E-state index contributed by atoms with van der Waals surface area (Å²) in [6.45, 7) is 0. The number of H-pyrrole nitrogens is 1. The van der Waals surface area contributed by atoms with Crippen LogP contribution in [-0.4, -0.2) is 14.9 Å². The first-order valence-corrected chi connectivity index (χ1v) is 4.23. The fraction of sp³-hybridized carbons (Fsp3) is 0.100. The van der Waals surface area contributed by atoms with Crippen LogP contribution in [0.3, 0.4) is 0 Å². The van der Waals surface area contributed by atoms with E-state index in [1.807, 2.05) is 6.07 Å². The Morgan fingerprint density at radius 1 is 1.36 bits per heavy atom. The van der Waals surface area contributed by atoms with Gasteiger partial charge in [-0.25, -0.2) is 0 Å². The van der Waals surface area contributed by atoms with Gasteiger partial charge in [0.15, 0.2) is 0 Å². The van der Waals surface area contributed by atoms with Gasteiger partial charge in [-0.15, -0.1) is 0 Å². The maximum atomic E-state index is 11.0. The van der Waals surface area contributed by atoms with Crippen LogP contribution in [0, 0.1) is 0 Å². The number of phenols is 1. The Labute approximate surface area is 80.4 Å². The van der Waals surface area contributed by atoms with Crippen molar-refractivity contribution in [1.29, 1.82) is 0 Å². The van der Waals surface area contributed by atoms with Crippen molar-refractivity contribution in [3.05, 3.63) is 40.7 Å². The van der Waals surface area contributed by atoms with Gasteiger partial charge < -0.3 is 5.11 Å². The molecule has 2 N–H and O–H groups in total. The molecule has 4 heteroatoms. The molecule has 0 unspecified atom stereocenters. The number of benzene rings is 1. The molecule has 1 aromatic carbocycles. The molecule has 0 aliphatic carbocycles. The number of aromatic amines is 1. The van der Waals surface area contributed by atoms with Crippen molar-refractivity contribution in [2.75, 3.05) is 0 Å². The molecule has 4 nitrogen and oxygen atoms in total. The third-order valence-electron chi connectivity index (χ3n) is 2.09. The Kier molecular flexibility index (Phi) is 1.89. The van der Waals surface area contributed by atoms with Crippen molar-refractivity contribution in [2.45, 2.75) is 0 Å². The third-order valence-corrected chi connectivity index (χ3v) is 2.09. The van der Waals surface area contributed by atoms with E-state index in [1.165, 1.54) is 6.07 Å². The van der Waals surface area contributed by atoms with Gasteiger partial charge in [0, 0.05) is 18.7 Å². The average molecular weight is 190 g/mol. The van der Waals surface area contributed by atoms with E-state index in [-0.39, 0.29) is 11.3 Å². The van der Waals surface area contributed by atoms with Crippen LogP contribution in [0.2, 0.25) is 0 Å². The number of hydrogen-bond donors (Lipinski definition) is 2. The molecule has 0 radical (unpaired) electrons. The van der Waals surface area contributed by atoms with E-state index in [0.29, 0.717) is 11.3 Å². The highest BCUT2D eigenvalue weighted by Gasteiger charge is 2.07. The molecule has 2 aromatic rings. The van der Waals surface area contributed by atoms with Crippen molar-refractivity contribution < 1.29 is 5.11 Å². The molecule has 0 aliphatic heterocycles. The number of aryl methyl sites for hydroxylation is 1. The second-order valence-corrected chi connectivity index (χ2v) is 3.08. The van der Waals surface area contributed by atoms with Crippen molar-refractivity contribution >= 4 is 0 Å². The fourth-order valence-corrected chi connectivity index (χ4v) is 1.43. The van der Waals surface area contributed by atoms with Gasteiger partial charge in [0.2, 0.25) is 0 Å². The summed E-state index contributed by atoms with van der Waals surface area (Å²) >= 11 is 0. The highest BCUT2D eigenvalue weighted by atomic mass is 16.3. The molecule has 14 heavy (non-hydrogen) atoms. The van der Waals surface area contributed by atoms with Gasteiger partial charge in [0.25, 0.3) is 5.56 Å². The predicted molar refractivity (Wildman–Crippen MR) is 53.1 cm³/mol. The molecular formula is C10H10N2O2. The lowest BCUT2D eigenvalue weighted by molar-refractivity contribution is 0.476. The zero-order valence-corrected chi connectivity index (χ0v) is 7.69. The van der Waals surface area contributed by atoms with Gasteiger partial charge in [0.1, 0.15) is 5.75 Å². The number of hydrogen-bond acceptors (Lipinski definition) is 2. The largest absolute Gasteiger partial charge is 0.507 e. The molecule has 0 saturated heterocycles. The van der Waals surface area contributed by atoms with Crippen LogP contribution >= 0.6 is 0 Å². The molecule has 0 fully saturated rings. The minimum absolute atomic E-state index is 0.169. The number of phenolic OH excluding ortho intramolecular Hbond substituents is 1. The average Bonchev–Trinajstić information content (AvgIpc) is 2.46. The van der Waals surface area contributed by atoms with E-state index < -0.39 is 0 Å². The second kappa shape index (κ2) is 3.06. The minimum atomic E-state index is -0.175. The number of nitrogens with zero attached hydrogens (tertiary/aromatic N) is 1. The Balaban J connectivity index is 2.66. The van der Waals surface area contributed by atoms with Crippen LogP contribution < -0.4 is 5.56 Å². The summed E-state index contributed by atoms with van der Waals surface area (Å²) < 4.78 is 1.58. The number of rotatable bonds is 1. The summed E-state index contributed by atoms with van der Waals surface area (Å²) in [5.41, 5.74) is 1.15. The van der Waals surface area contributed by atoms with E-state index in [4.69, 9.17) is 0 Å². The number of aromatic nitrogens is 2. The quantitative estimate of drug-likeness (QED) is 0.707. The molecule has 2 rings (SSSR count). The van der Waals surface area contributed by atoms with Gasteiger partial charge in [-0.3, -0.25) is 14.6 Å². The summed E-state index contributed by atoms with van der Waals surface area (Å²) in [7, 11) is 1.73. The molecule has 0 aliphatic rings. The first-order valence-electron chi connectivity index (χ1n) is 4.23. The van der Waals surface area contributed by atoms with Crippen LogP contribution in [0.15, 0.2) is 35.1 Å². The van der Waals surface area contributed by atoms with Gasteiger partial charge in [-0.2, -0.15) is 0 Å². The van der Waals surface area contributed by atoms with E-state index in [9.17, 15) is 9.90 Å². The van der Waals surface area contributed by atoms with Gasteiger partial charge >= 0.3 is 0 Å². The standard InChI is InChI=1S/C10H10N2O2/c1-12-8(6-10(14)11-12)7-4-2-3-5-9(7)13/h2-6,13H,1H3,(H,11,14). The smallest absolute Gasteiger partial charge is 0.264 e. The lowest BCUT2D eigenvalue weighted by atomic mass is 10.1. The van der Waals surface area contributed by atoms with Gasteiger partial charge in [-0.1, -0.05) is 12.1 Å². The molecule has 0 bridgehead atoms. The normalized spacial score (nSPS) is 10.4. The maximum absolute atomic E-state index is 11.0. The third kappa shape index (κ3) is 1.31. The van der Waals surface area contributed by atoms with Crippen molar-refractivity contribution in [1.82, 2.24) is 9.78 Å². The number of aromatic hydroxyl groups is 1. The maximum Gasteiger partial charge on any atom is 0.264 e. The predicted octanol–water partition coefficient (Wildman–Crippen LogP) is 1.09. The Morgan fingerprint density at radius 2 is 2.07 bits per heavy atom. The number of para-hydroxylation sites is 1. The molecule has 0 amide bonds. The Bertz CT molecular complexity index is 511. The molecule has 72 valence electrons. The lowest BCUT2D eigenvalue weighted by Crippen LogP contribution is -2.00. The van der Waals surface area contributed by atoms with E-state index in [2.05, 4.69) is 5.10 Å². The summed E-state index contributed by atoms with van der Waals surface area (Å²) in [5.74, 6) is 0.169. The summed E-state index contributed by atoms with van der Waals surface area (Å²) in [4.78, 5) is 11.0. The van der Waals surface area contributed by atoms with E-state index >= 15 is 0 Å². The van der Waals surface area contributed by atoms with Crippen molar-refractivity contribution in [3.63, 3.8) is 0 Å². The van der Waals surface area contributed by atoms with Crippen LogP contribution in [0.5, 0.6) is 5.75 Å². The summed E-state index contributed by atoms with van der Waals surface area (Å²) in [5, 5.41) is 12.2. The summed E-state index contributed by atoms with van der Waals surface area (Å²) in [6.07, 6.45) is 0. The summed E-state index contributed by atoms with van der Waals surface area (Å²) in [6, 6.07) is 8.36. The van der Waals surface area contributed by atoms with E-state index in [0.717, 1.165) is 0 Å². The first kappa shape index (κ1) is 8.62. The van der Waals surface area contributed by atoms with E-state index in [1.54, 1.807) is 29.9 Å². The van der Waals surface area contributed by atoms with Crippen LogP contribution in [0.25, 0.3) is 11.3 Å². The van der Waals surface area contributed by atoms with Crippen LogP contribution in [-0.2, 0) is 7.05 Å². The topological polar surface area (TPSA) is 58.0 Å². The van der Waals surface area contributed by atoms with Gasteiger partial charge in [-0.05, 0) is 12.1 Å². The van der Waals surface area contributed by atoms with Gasteiger partial charge in [0.05, 0.1) is 5.69 Å². The zero-order chi connectivity index (χ0) is 10.1. The van der Waals surface area contributed by atoms with Crippen molar-refractivity contribution in [2.24, 2.45) is 7.05 Å². The van der Waals surface area contributed by atoms with Crippen LogP contribution in [0.1, 0.15) is 0 Å². The van der Waals surface area contributed by atoms with Crippen molar-refractivity contribution in [3.8, 4) is 17.0 Å². The lowest BCUT2D eigenvalue weighted by Gasteiger charge is -2.03. The fourth-order valence-electron chi connectivity index (χ4n) is 1.43. The Hall–Kier alpha value is -1.97. The molecule has 0 saturated carbocycles. The first-order chi connectivity index (χ1) is 6.68.